The maximum absolute atomic E-state index is 13.0. The summed E-state index contributed by atoms with van der Waals surface area (Å²) in [7, 11) is 0. The van der Waals surface area contributed by atoms with E-state index < -0.39 is 17.2 Å². The van der Waals surface area contributed by atoms with Gasteiger partial charge in [0.1, 0.15) is 5.82 Å². The number of halogens is 4. The molecule has 1 aliphatic rings. The van der Waals surface area contributed by atoms with E-state index >= 15 is 0 Å². The Morgan fingerprint density at radius 1 is 1.29 bits per heavy atom. The van der Waals surface area contributed by atoms with Crippen LogP contribution in [-0.2, 0) is 11.6 Å². The predicted octanol–water partition coefficient (Wildman–Crippen LogP) is 3.17. The number of rotatable bonds is 2. The Morgan fingerprint density at radius 2 is 1.95 bits per heavy atom. The summed E-state index contributed by atoms with van der Waals surface area (Å²) in [6.07, 6.45) is 0.116. The smallest absolute Gasteiger partial charge is 0.329 e. The van der Waals surface area contributed by atoms with Gasteiger partial charge < -0.3 is 5.73 Å². The fraction of sp³-hybridized carbons (Fsp3) is 0.538. The average Bonchev–Trinajstić information content (AvgIpc) is 3.04. The van der Waals surface area contributed by atoms with Gasteiger partial charge in [-0.25, -0.2) is 0 Å². The lowest BCUT2D eigenvalue weighted by atomic mass is 9.85. The second kappa shape index (κ2) is 4.84. The molecule has 1 fully saturated rings. The number of alkyl halides is 3. The molecule has 0 aromatic carbocycles. The van der Waals surface area contributed by atoms with Crippen molar-refractivity contribution in [2.75, 3.05) is 6.54 Å². The zero-order chi connectivity index (χ0) is 15.3. The number of nitrogens with zero attached hydrogens (tertiary/aromatic N) is 3. The first kappa shape index (κ1) is 14.6. The summed E-state index contributed by atoms with van der Waals surface area (Å²) in [6.45, 7) is 0.335. The van der Waals surface area contributed by atoms with Gasteiger partial charge in [0.2, 0.25) is 0 Å². The van der Waals surface area contributed by atoms with Gasteiger partial charge in [-0.1, -0.05) is 24.4 Å². The van der Waals surface area contributed by atoms with Gasteiger partial charge in [-0.15, -0.1) is 10.2 Å². The zero-order valence-corrected chi connectivity index (χ0v) is 11.9. The van der Waals surface area contributed by atoms with Crippen molar-refractivity contribution in [3.63, 3.8) is 0 Å². The minimum atomic E-state index is -4.47. The molecule has 8 heteroatoms. The summed E-state index contributed by atoms with van der Waals surface area (Å²) < 4.78 is 40.2. The fourth-order valence-corrected chi connectivity index (χ4v) is 3.29. The molecule has 0 bridgehead atoms. The summed E-state index contributed by atoms with van der Waals surface area (Å²) in [5.74, 6) is 0.477. The monoisotopic (exact) mass is 318 g/mol. The van der Waals surface area contributed by atoms with Crippen molar-refractivity contribution in [3.8, 4) is 0 Å². The third-order valence-electron chi connectivity index (χ3n) is 4.21. The molecule has 1 aliphatic carbocycles. The summed E-state index contributed by atoms with van der Waals surface area (Å²) in [5, 5.41) is 7.96. The van der Waals surface area contributed by atoms with Crippen LogP contribution in [0, 0.1) is 0 Å². The van der Waals surface area contributed by atoms with E-state index in [9.17, 15) is 13.2 Å². The highest BCUT2D eigenvalue weighted by Crippen LogP contribution is 2.40. The van der Waals surface area contributed by atoms with Gasteiger partial charge in [0.15, 0.2) is 5.65 Å². The standard InChI is InChI=1S/C13H14ClF3N4/c14-9-5-8(13(15,16)17)6-21-10(9)19-20-11(21)12(7-18)3-1-2-4-12/h5-6H,1-4,7,18H2. The second-order valence-electron chi connectivity index (χ2n) is 5.48. The molecular weight excluding hydrogens is 305 g/mol. The molecule has 0 amide bonds. The summed E-state index contributed by atoms with van der Waals surface area (Å²) >= 11 is 5.92. The molecule has 0 radical (unpaired) electrons. The highest BCUT2D eigenvalue weighted by molar-refractivity contribution is 6.33. The van der Waals surface area contributed by atoms with Crippen LogP contribution in [-0.4, -0.2) is 21.1 Å². The normalized spacial score (nSPS) is 18.5. The SMILES string of the molecule is NCC1(c2nnc3c(Cl)cc(C(F)(F)F)cn23)CCCC1. The number of hydrogen-bond acceptors (Lipinski definition) is 3. The maximum atomic E-state index is 13.0. The van der Waals surface area contributed by atoms with E-state index in [2.05, 4.69) is 10.2 Å². The van der Waals surface area contributed by atoms with Crippen molar-refractivity contribution < 1.29 is 13.2 Å². The Kier molecular flexibility index (Phi) is 3.37. The number of fused-ring (bicyclic) bond motifs is 1. The van der Waals surface area contributed by atoms with Gasteiger partial charge in [0.25, 0.3) is 0 Å². The average molecular weight is 319 g/mol. The van der Waals surface area contributed by atoms with Crippen LogP contribution in [0.2, 0.25) is 5.02 Å². The molecule has 0 unspecified atom stereocenters. The number of aromatic nitrogens is 3. The van der Waals surface area contributed by atoms with Crippen LogP contribution in [0.25, 0.3) is 5.65 Å². The van der Waals surface area contributed by atoms with Crippen molar-refractivity contribution in [2.24, 2.45) is 5.73 Å². The summed E-state index contributed by atoms with van der Waals surface area (Å²) in [4.78, 5) is 0. The second-order valence-corrected chi connectivity index (χ2v) is 5.89. The summed E-state index contributed by atoms with van der Waals surface area (Å²) in [5.41, 5.74) is 4.89. The number of nitrogens with two attached hydrogens (primary N) is 1. The Morgan fingerprint density at radius 3 is 2.52 bits per heavy atom. The quantitative estimate of drug-likeness (QED) is 0.925. The molecule has 2 N–H and O–H groups in total. The molecular formula is C13H14ClF3N4. The summed E-state index contributed by atoms with van der Waals surface area (Å²) in [6, 6.07) is 0.874. The largest absolute Gasteiger partial charge is 0.417 e. The van der Waals surface area contributed by atoms with E-state index in [4.69, 9.17) is 17.3 Å². The number of pyridine rings is 1. The van der Waals surface area contributed by atoms with E-state index in [0.717, 1.165) is 37.9 Å². The van der Waals surface area contributed by atoms with Crippen molar-refractivity contribution in [1.29, 1.82) is 0 Å². The maximum Gasteiger partial charge on any atom is 0.417 e. The molecule has 0 aliphatic heterocycles. The zero-order valence-electron chi connectivity index (χ0n) is 11.1. The van der Waals surface area contributed by atoms with Crippen molar-refractivity contribution >= 4 is 17.2 Å². The Labute approximate surface area is 124 Å². The molecule has 2 heterocycles. The minimum Gasteiger partial charge on any atom is -0.329 e. The molecule has 114 valence electrons. The fourth-order valence-electron chi connectivity index (χ4n) is 3.04. The van der Waals surface area contributed by atoms with Crippen LogP contribution in [0.4, 0.5) is 13.2 Å². The minimum absolute atomic E-state index is 0.0613. The molecule has 0 spiro atoms. The van der Waals surface area contributed by atoms with Gasteiger partial charge in [-0.3, -0.25) is 4.40 Å². The lowest BCUT2D eigenvalue weighted by molar-refractivity contribution is -0.137. The predicted molar refractivity (Wildman–Crippen MR) is 72.2 cm³/mol. The first-order valence-electron chi connectivity index (χ1n) is 6.69. The molecule has 0 atom stereocenters. The number of hydrogen-bond donors (Lipinski definition) is 1. The van der Waals surface area contributed by atoms with E-state index in [1.54, 1.807) is 0 Å². The Balaban J connectivity index is 2.23. The highest BCUT2D eigenvalue weighted by atomic mass is 35.5. The van der Waals surface area contributed by atoms with Crippen molar-refractivity contribution in [3.05, 3.63) is 28.7 Å². The van der Waals surface area contributed by atoms with Crippen LogP contribution in [0.3, 0.4) is 0 Å². The molecule has 3 rings (SSSR count). The van der Waals surface area contributed by atoms with Crippen LogP contribution < -0.4 is 5.73 Å². The van der Waals surface area contributed by atoms with Gasteiger partial charge in [0.05, 0.1) is 10.6 Å². The topological polar surface area (TPSA) is 56.2 Å². The molecule has 2 aromatic heterocycles. The van der Waals surface area contributed by atoms with Gasteiger partial charge in [-0.2, -0.15) is 13.2 Å². The van der Waals surface area contributed by atoms with Gasteiger partial charge in [-0.05, 0) is 18.9 Å². The van der Waals surface area contributed by atoms with Crippen LogP contribution in [0.5, 0.6) is 0 Å². The molecule has 0 saturated heterocycles. The van der Waals surface area contributed by atoms with Crippen LogP contribution >= 0.6 is 11.6 Å². The Hall–Kier alpha value is -1.34. The first-order valence-corrected chi connectivity index (χ1v) is 7.07. The van der Waals surface area contributed by atoms with Gasteiger partial charge >= 0.3 is 6.18 Å². The highest BCUT2D eigenvalue weighted by Gasteiger charge is 2.39. The molecule has 1 saturated carbocycles. The van der Waals surface area contributed by atoms with Crippen LogP contribution in [0.1, 0.15) is 37.1 Å². The third-order valence-corrected chi connectivity index (χ3v) is 4.49. The van der Waals surface area contributed by atoms with E-state index in [1.165, 1.54) is 4.40 Å². The lowest BCUT2D eigenvalue weighted by Gasteiger charge is -2.25. The van der Waals surface area contributed by atoms with E-state index in [-0.39, 0.29) is 10.7 Å². The third kappa shape index (κ3) is 2.28. The molecule has 4 nitrogen and oxygen atoms in total. The first-order chi connectivity index (χ1) is 9.87. The van der Waals surface area contributed by atoms with Crippen LogP contribution in [0.15, 0.2) is 12.3 Å². The lowest BCUT2D eigenvalue weighted by Crippen LogP contribution is -2.34. The van der Waals surface area contributed by atoms with Crippen molar-refractivity contribution in [2.45, 2.75) is 37.3 Å². The molecule has 2 aromatic rings. The molecule has 21 heavy (non-hydrogen) atoms. The van der Waals surface area contributed by atoms with E-state index in [0.29, 0.717) is 12.4 Å². The Bertz CT molecular complexity index is 674. The van der Waals surface area contributed by atoms with Gasteiger partial charge in [0, 0.05) is 18.2 Å². The van der Waals surface area contributed by atoms with E-state index in [1.807, 2.05) is 0 Å². The van der Waals surface area contributed by atoms with Crippen molar-refractivity contribution in [1.82, 2.24) is 14.6 Å².